The van der Waals surface area contributed by atoms with Gasteiger partial charge in [0.1, 0.15) is 0 Å². The molecule has 96 valence electrons. The summed E-state index contributed by atoms with van der Waals surface area (Å²) in [6.45, 7) is 2.55. The van der Waals surface area contributed by atoms with Crippen molar-refractivity contribution < 1.29 is 14.7 Å². The average Bonchev–Trinajstić information content (AvgIpc) is 2.31. The number of amides is 1. The number of nitrogens with zero attached hydrogens (tertiary/aromatic N) is 1. The van der Waals surface area contributed by atoms with Crippen molar-refractivity contribution in [2.75, 3.05) is 18.0 Å². The van der Waals surface area contributed by atoms with E-state index in [1.165, 1.54) is 0 Å². The molecule has 1 aromatic rings. The second-order valence-electron chi connectivity index (χ2n) is 4.52. The smallest absolute Gasteiger partial charge is 0.304 e. The fraction of sp³-hybridized carbons (Fsp3) is 0.385. The van der Waals surface area contributed by atoms with Gasteiger partial charge in [-0.2, -0.15) is 0 Å². The quantitative estimate of drug-likeness (QED) is 0.829. The van der Waals surface area contributed by atoms with Gasteiger partial charge in [-0.1, -0.05) is 12.1 Å². The van der Waals surface area contributed by atoms with Crippen LogP contribution in [0.15, 0.2) is 24.3 Å². The molecule has 0 bridgehead atoms. The van der Waals surface area contributed by atoms with Crippen molar-refractivity contribution >= 4 is 17.6 Å². The maximum Gasteiger partial charge on any atom is 0.304 e. The summed E-state index contributed by atoms with van der Waals surface area (Å²) < 4.78 is 0. The molecule has 1 aliphatic heterocycles. The molecule has 0 radical (unpaired) electrons. The summed E-state index contributed by atoms with van der Waals surface area (Å²) >= 11 is 0. The van der Waals surface area contributed by atoms with Crippen LogP contribution in [-0.2, 0) is 9.59 Å². The minimum atomic E-state index is -0.856. The molecule has 18 heavy (non-hydrogen) atoms. The number of hydrogen-bond acceptors (Lipinski definition) is 3. The first kappa shape index (κ1) is 12.6. The Morgan fingerprint density at radius 1 is 1.56 bits per heavy atom. The van der Waals surface area contributed by atoms with Crippen molar-refractivity contribution in [3.63, 3.8) is 0 Å². The number of rotatable bonds is 3. The topological polar surface area (TPSA) is 69.6 Å². The second-order valence-corrected chi connectivity index (χ2v) is 4.52. The molecule has 0 aliphatic carbocycles. The van der Waals surface area contributed by atoms with Crippen molar-refractivity contribution in [1.82, 2.24) is 5.32 Å². The van der Waals surface area contributed by atoms with E-state index in [0.29, 0.717) is 6.54 Å². The van der Waals surface area contributed by atoms with Gasteiger partial charge in [-0.3, -0.25) is 9.59 Å². The Hall–Kier alpha value is -1.88. The number of nitrogens with one attached hydrogen (secondary N) is 1. The van der Waals surface area contributed by atoms with Crippen LogP contribution in [0.25, 0.3) is 0 Å². The zero-order valence-electron chi connectivity index (χ0n) is 10.2. The maximum absolute atomic E-state index is 11.9. The van der Waals surface area contributed by atoms with Gasteiger partial charge in [-0.05, 0) is 24.6 Å². The molecular weight excluding hydrogens is 232 g/mol. The Kier molecular flexibility index (Phi) is 3.62. The number of carboxylic acids is 1. The van der Waals surface area contributed by atoms with Crippen LogP contribution in [-0.4, -0.2) is 36.1 Å². The minimum Gasteiger partial charge on any atom is -0.481 e. The molecule has 2 rings (SSSR count). The first-order valence-corrected chi connectivity index (χ1v) is 5.88. The molecule has 0 saturated carbocycles. The highest BCUT2D eigenvalue weighted by molar-refractivity contribution is 5.95. The van der Waals surface area contributed by atoms with Gasteiger partial charge in [-0.25, -0.2) is 0 Å². The number of carbonyl (C=O) groups excluding carboxylic acids is 1. The van der Waals surface area contributed by atoms with Crippen molar-refractivity contribution in [2.24, 2.45) is 0 Å². The Bertz CT molecular complexity index is 473. The van der Waals surface area contributed by atoms with Crippen molar-refractivity contribution in [1.29, 1.82) is 0 Å². The fourth-order valence-electron chi connectivity index (χ4n) is 2.11. The molecule has 2 N–H and O–H groups in total. The zero-order chi connectivity index (χ0) is 13.1. The number of anilines is 1. The monoisotopic (exact) mass is 248 g/mol. The summed E-state index contributed by atoms with van der Waals surface area (Å²) in [7, 11) is 0. The number of piperazine rings is 1. The van der Waals surface area contributed by atoms with Crippen LogP contribution >= 0.6 is 0 Å². The van der Waals surface area contributed by atoms with Crippen molar-refractivity contribution in [3.05, 3.63) is 29.8 Å². The Balaban J connectivity index is 2.15. The molecule has 1 aromatic carbocycles. The van der Waals surface area contributed by atoms with E-state index >= 15 is 0 Å². The van der Waals surface area contributed by atoms with Gasteiger partial charge in [0.15, 0.2) is 0 Å². The number of benzene rings is 1. The summed E-state index contributed by atoms with van der Waals surface area (Å²) in [6.07, 6.45) is 0.0234. The van der Waals surface area contributed by atoms with E-state index in [2.05, 4.69) is 5.32 Å². The van der Waals surface area contributed by atoms with Crippen molar-refractivity contribution in [3.8, 4) is 0 Å². The largest absolute Gasteiger partial charge is 0.481 e. The van der Waals surface area contributed by atoms with Gasteiger partial charge in [0.05, 0.1) is 13.0 Å². The number of carboxylic acid groups (broad SMARTS) is 1. The average molecular weight is 248 g/mol. The Morgan fingerprint density at radius 3 is 3.00 bits per heavy atom. The normalized spacial score (nSPS) is 19.9. The summed E-state index contributed by atoms with van der Waals surface area (Å²) in [5.74, 6) is -0.881. The second kappa shape index (κ2) is 5.18. The molecular formula is C13H16N2O3. The molecule has 1 heterocycles. The molecule has 1 fully saturated rings. The predicted octanol–water partition coefficient (Wildman–Crippen LogP) is 0.775. The zero-order valence-corrected chi connectivity index (χ0v) is 10.2. The lowest BCUT2D eigenvalue weighted by molar-refractivity contribution is -0.138. The van der Waals surface area contributed by atoms with E-state index in [1.54, 1.807) is 4.90 Å². The highest BCUT2D eigenvalue weighted by Gasteiger charge is 2.27. The molecule has 0 spiro atoms. The number of carbonyl (C=O) groups is 2. The molecule has 5 nitrogen and oxygen atoms in total. The Morgan fingerprint density at radius 2 is 2.33 bits per heavy atom. The Labute approximate surface area is 105 Å². The third kappa shape index (κ3) is 2.87. The van der Waals surface area contributed by atoms with Gasteiger partial charge in [0, 0.05) is 18.3 Å². The van der Waals surface area contributed by atoms with Crippen LogP contribution in [0.3, 0.4) is 0 Å². The number of aliphatic carboxylic acids is 1. The molecule has 1 unspecified atom stereocenters. The molecule has 1 aliphatic rings. The van der Waals surface area contributed by atoms with E-state index in [1.807, 2.05) is 31.2 Å². The van der Waals surface area contributed by atoms with Crippen LogP contribution < -0.4 is 10.2 Å². The summed E-state index contributed by atoms with van der Waals surface area (Å²) in [5.41, 5.74) is 1.91. The van der Waals surface area contributed by atoms with Crippen LogP contribution in [0.5, 0.6) is 0 Å². The lowest BCUT2D eigenvalue weighted by Gasteiger charge is -2.33. The molecule has 1 saturated heterocycles. The van der Waals surface area contributed by atoms with E-state index in [9.17, 15) is 9.59 Å². The highest BCUT2D eigenvalue weighted by Crippen LogP contribution is 2.18. The predicted molar refractivity (Wildman–Crippen MR) is 67.6 cm³/mol. The van der Waals surface area contributed by atoms with Crippen LogP contribution in [0.1, 0.15) is 12.0 Å². The number of aryl methyl sites for hydroxylation is 1. The fourth-order valence-corrected chi connectivity index (χ4v) is 2.11. The van der Waals surface area contributed by atoms with Gasteiger partial charge in [0.2, 0.25) is 5.91 Å². The van der Waals surface area contributed by atoms with Gasteiger partial charge in [0.25, 0.3) is 0 Å². The van der Waals surface area contributed by atoms with Gasteiger partial charge in [-0.15, -0.1) is 0 Å². The van der Waals surface area contributed by atoms with E-state index in [4.69, 9.17) is 5.11 Å². The van der Waals surface area contributed by atoms with Crippen LogP contribution in [0.2, 0.25) is 0 Å². The van der Waals surface area contributed by atoms with Gasteiger partial charge < -0.3 is 15.3 Å². The van der Waals surface area contributed by atoms with E-state index in [-0.39, 0.29) is 24.9 Å². The minimum absolute atomic E-state index is 0.0234. The summed E-state index contributed by atoms with van der Waals surface area (Å²) in [4.78, 5) is 24.2. The first-order chi connectivity index (χ1) is 8.56. The third-order valence-corrected chi connectivity index (χ3v) is 2.98. The third-order valence-electron chi connectivity index (χ3n) is 2.98. The van der Waals surface area contributed by atoms with Gasteiger partial charge >= 0.3 is 5.97 Å². The van der Waals surface area contributed by atoms with Crippen molar-refractivity contribution in [2.45, 2.75) is 19.4 Å². The van der Waals surface area contributed by atoms with E-state index < -0.39 is 5.97 Å². The summed E-state index contributed by atoms with van der Waals surface area (Å²) in [6, 6.07) is 7.47. The standard InChI is InChI=1S/C13H16N2O3/c1-9-3-2-4-11(5-9)15-8-10(6-13(17)18)14-7-12(15)16/h2-5,10,14H,6-8H2,1H3,(H,17,18). The van der Waals surface area contributed by atoms with Crippen LogP contribution in [0.4, 0.5) is 5.69 Å². The lowest BCUT2D eigenvalue weighted by atomic mass is 10.1. The molecule has 1 amide bonds. The molecule has 1 atom stereocenters. The molecule has 0 aromatic heterocycles. The molecule has 5 heteroatoms. The first-order valence-electron chi connectivity index (χ1n) is 5.88. The SMILES string of the molecule is Cc1cccc(N2CC(CC(=O)O)NCC2=O)c1. The van der Waals surface area contributed by atoms with E-state index in [0.717, 1.165) is 11.3 Å². The summed E-state index contributed by atoms with van der Waals surface area (Å²) in [5, 5.41) is 11.7. The van der Waals surface area contributed by atoms with Crippen LogP contribution in [0, 0.1) is 6.92 Å². The highest BCUT2D eigenvalue weighted by atomic mass is 16.4. The lowest BCUT2D eigenvalue weighted by Crippen LogP contribution is -2.54. The number of hydrogen-bond donors (Lipinski definition) is 2. The maximum atomic E-state index is 11.9.